The van der Waals surface area contributed by atoms with Crippen LogP contribution in [0.25, 0.3) is 0 Å². The van der Waals surface area contributed by atoms with Crippen LogP contribution < -0.4 is 15.0 Å². The Hall–Kier alpha value is -3.24. The van der Waals surface area contributed by atoms with E-state index in [1.165, 1.54) is 7.11 Å². The summed E-state index contributed by atoms with van der Waals surface area (Å²) >= 11 is 6.18. The molecule has 0 radical (unpaired) electrons. The normalized spacial score (nSPS) is 23.8. The minimum atomic E-state index is -0.335. The van der Waals surface area contributed by atoms with Crippen molar-refractivity contribution in [3.8, 4) is 11.8 Å². The molecule has 2 aliphatic rings. The Bertz CT molecular complexity index is 1190. The van der Waals surface area contributed by atoms with Crippen molar-refractivity contribution in [1.82, 2.24) is 5.32 Å². The van der Waals surface area contributed by atoms with E-state index in [-0.39, 0.29) is 40.8 Å². The predicted molar refractivity (Wildman–Crippen MR) is 138 cm³/mol. The Balaban J connectivity index is 1.40. The SMILES string of the molecule is COC(=O)[C@@H]1CCN(c2ccc(C(=O)N[C@H]3C(C)(C)[C@H](Oc4ccc(C#N)c(Cl)c4)C3(C)C)cc2)C1. The highest BCUT2D eigenvalue weighted by atomic mass is 35.5. The minimum absolute atomic E-state index is 0.114. The highest BCUT2D eigenvalue weighted by molar-refractivity contribution is 6.31. The van der Waals surface area contributed by atoms with E-state index in [0.717, 1.165) is 18.7 Å². The first-order valence-corrected chi connectivity index (χ1v) is 12.5. The van der Waals surface area contributed by atoms with Crippen LogP contribution in [0.3, 0.4) is 0 Å². The summed E-state index contributed by atoms with van der Waals surface area (Å²) in [6.07, 6.45) is 0.596. The molecule has 0 spiro atoms. The lowest BCUT2D eigenvalue weighted by Gasteiger charge is -2.63. The van der Waals surface area contributed by atoms with Gasteiger partial charge in [0.2, 0.25) is 0 Å². The number of hydrogen-bond donors (Lipinski definition) is 1. The van der Waals surface area contributed by atoms with Gasteiger partial charge in [-0.25, -0.2) is 0 Å². The molecule has 0 bridgehead atoms. The average Bonchev–Trinajstić information content (AvgIpc) is 3.35. The first kappa shape index (κ1) is 25.8. The molecule has 4 rings (SSSR count). The van der Waals surface area contributed by atoms with Crippen molar-refractivity contribution in [2.45, 2.75) is 46.3 Å². The van der Waals surface area contributed by atoms with Gasteiger partial charge in [-0.2, -0.15) is 5.26 Å². The van der Waals surface area contributed by atoms with Crippen LogP contribution >= 0.6 is 11.6 Å². The Morgan fingerprint density at radius 2 is 1.78 bits per heavy atom. The number of rotatable bonds is 6. The van der Waals surface area contributed by atoms with Crippen LogP contribution in [-0.4, -0.2) is 44.2 Å². The third kappa shape index (κ3) is 4.62. The summed E-state index contributed by atoms with van der Waals surface area (Å²) in [6, 6.07) is 14.5. The van der Waals surface area contributed by atoms with Gasteiger partial charge in [0, 0.05) is 47.3 Å². The molecule has 1 N–H and O–H groups in total. The second-order valence-electron chi connectivity index (χ2n) is 10.8. The smallest absolute Gasteiger partial charge is 0.310 e. The first-order chi connectivity index (χ1) is 17.0. The van der Waals surface area contributed by atoms with Gasteiger partial charge in [-0.1, -0.05) is 39.3 Å². The van der Waals surface area contributed by atoms with Gasteiger partial charge in [-0.05, 0) is 42.8 Å². The molecule has 190 valence electrons. The standard InChI is InChI=1S/C28H32ClN3O4/c1-27(2)25(28(3,4)26(27)36-21-11-8-18(15-30)22(29)14-21)31-23(33)17-6-9-20(10-7-17)32-13-12-19(16-32)24(34)35-5/h6-11,14,19,25-26H,12-13,16H2,1-5H3,(H,31,33)/t19-,25-,26-/m1/s1. The third-order valence-corrected chi connectivity index (χ3v) is 7.96. The zero-order valence-electron chi connectivity index (χ0n) is 21.3. The molecule has 0 unspecified atom stereocenters. The molecule has 7 nitrogen and oxygen atoms in total. The van der Waals surface area contributed by atoms with Gasteiger partial charge in [0.25, 0.3) is 5.91 Å². The lowest BCUT2D eigenvalue weighted by Crippen LogP contribution is -2.74. The van der Waals surface area contributed by atoms with Crippen molar-refractivity contribution < 1.29 is 19.1 Å². The maximum atomic E-state index is 13.1. The minimum Gasteiger partial charge on any atom is -0.489 e. The number of amides is 1. The van der Waals surface area contributed by atoms with Crippen LogP contribution in [0.5, 0.6) is 5.75 Å². The van der Waals surface area contributed by atoms with E-state index in [9.17, 15) is 9.59 Å². The fourth-order valence-corrected chi connectivity index (χ4v) is 6.20. The largest absolute Gasteiger partial charge is 0.489 e. The number of nitriles is 1. The number of carbonyl (C=O) groups is 2. The van der Waals surface area contributed by atoms with Crippen LogP contribution in [0.4, 0.5) is 5.69 Å². The van der Waals surface area contributed by atoms with Crippen molar-refractivity contribution in [1.29, 1.82) is 5.26 Å². The molecule has 1 saturated heterocycles. The maximum absolute atomic E-state index is 13.1. The zero-order valence-corrected chi connectivity index (χ0v) is 22.1. The fraction of sp³-hybridized carbons (Fsp3) is 0.464. The van der Waals surface area contributed by atoms with Crippen LogP contribution in [0.15, 0.2) is 42.5 Å². The van der Waals surface area contributed by atoms with Crippen molar-refractivity contribution >= 4 is 29.2 Å². The number of halogens is 1. The van der Waals surface area contributed by atoms with E-state index < -0.39 is 0 Å². The summed E-state index contributed by atoms with van der Waals surface area (Å²) in [6.45, 7) is 9.71. The van der Waals surface area contributed by atoms with Gasteiger partial charge in [0.05, 0.1) is 23.6 Å². The summed E-state index contributed by atoms with van der Waals surface area (Å²) in [5, 5.41) is 12.7. The number of anilines is 1. The molecule has 0 aromatic heterocycles. The second kappa shape index (κ2) is 9.67. The van der Waals surface area contributed by atoms with E-state index in [0.29, 0.717) is 28.4 Å². The second-order valence-corrected chi connectivity index (χ2v) is 11.2. The molecule has 1 aliphatic heterocycles. The molecule has 8 heteroatoms. The Kier molecular flexibility index (Phi) is 6.94. The van der Waals surface area contributed by atoms with Gasteiger partial charge in [-0.15, -0.1) is 0 Å². The predicted octanol–water partition coefficient (Wildman–Crippen LogP) is 4.82. The highest BCUT2D eigenvalue weighted by Gasteiger charge is 2.64. The lowest BCUT2D eigenvalue weighted by atomic mass is 9.49. The molecule has 1 saturated carbocycles. The van der Waals surface area contributed by atoms with Gasteiger partial charge in [0.15, 0.2) is 0 Å². The summed E-state index contributed by atoms with van der Waals surface area (Å²) < 4.78 is 11.2. The first-order valence-electron chi connectivity index (χ1n) is 12.1. The molecule has 1 heterocycles. The molecule has 2 aromatic carbocycles. The Morgan fingerprint density at radius 1 is 1.11 bits per heavy atom. The number of ether oxygens (including phenoxy) is 2. The molecule has 1 atom stereocenters. The Morgan fingerprint density at radius 3 is 2.36 bits per heavy atom. The van der Waals surface area contributed by atoms with E-state index in [4.69, 9.17) is 26.3 Å². The van der Waals surface area contributed by atoms with Gasteiger partial charge in [0.1, 0.15) is 17.9 Å². The lowest BCUT2D eigenvalue weighted by molar-refractivity contribution is -0.164. The van der Waals surface area contributed by atoms with Crippen LogP contribution in [0.2, 0.25) is 5.02 Å². The third-order valence-electron chi connectivity index (χ3n) is 7.65. The highest BCUT2D eigenvalue weighted by Crippen LogP contribution is 2.55. The Labute approximate surface area is 217 Å². The van der Waals surface area contributed by atoms with Crippen molar-refractivity contribution in [2.24, 2.45) is 16.7 Å². The number of carbonyl (C=O) groups excluding carboxylic acids is 2. The van der Waals surface area contributed by atoms with Gasteiger partial charge < -0.3 is 19.7 Å². The number of nitrogens with zero attached hydrogens (tertiary/aromatic N) is 2. The zero-order chi connectivity index (χ0) is 26.3. The molecular weight excluding hydrogens is 478 g/mol. The summed E-state index contributed by atoms with van der Waals surface area (Å²) in [7, 11) is 1.42. The van der Waals surface area contributed by atoms with Crippen molar-refractivity contribution in [3.63, 3.8) is 0 Å². The summed E-state index contributed by atoms with van der Waals surface area (Å²) in [5.41, 5.74) is 1.30. The quantitative estimate of drug-likeness (QED) is 0.561. The number of benzene rings is 2. The van der Waals surface area contributed by atoms with Crippen LogP contribution in [-0.2, 0) is 9.53 Å². The molecule has 2 fully saturated rings. The molecular formula is C28H32ClN3O4. The summed E-state index contributed by atoms with van der Waals surface area (Å²) in [4.78, 5) is 27.1. The number of methoxy groups -OCH3 is 1. The summed E-state index contributed by atoms with van der Waals surface area (Å²) in [5.74, 6) is 0.170. The maximum Gasteiger partial charge on any atom is 0.310 e. The average molecular weight is 510 g/mol. The van der Waals surface area contributed by atoms with E-state index in [1.807, 2.05) is 24.3 Å². The van der Waals surface area contributed by atoms with E-state index >= 15 is 0 Å². The fourth-order valence-electron chi connectivity index (χ4n) is 5.99. The van der Waals surface area contributed by atoms with Crippen molar-refractivity contribution in [2.75, 3.05) is 25.1 Å². The molecule has 36 heavy (non-hydrogen) atoms. The monoisotopic (exact) mass is 509 g/mol. The van der Waals surface area contributed by atoms with Gasteiger partial charge >= 0.3 is 5.97 Å². The van der Waals surface area contributed by atoms with E-state index in [2.05, 4.69) is 44.0 Å². The topological polar surface area (TPSA) is 91.7 Å². The molecule has 1 aliphatic carbocycles. The molecule has 2 aromatic rings. The van der Waals surface area contributed by atoms with Crippen LogP contribution in [0, 0.1) is 28.1 Å². The molecule has 1 amide bonds. The number of hydrogen-bond acceptors (Lipinski definition) is 6. The van der Waals surface area contributed by atoms with Crippen molar-refractivity contribution in [3.05, 3.63) is 58.6 Å². The van der Waals surface area contributed by atoms with Gasteiger partial charge in [-0.3, -0.25) is 9.59 Å². The number of nitrogens with one attached hydrogen (secondary N) is 1. The number of esters is 1. The van der Waals surface area contributed by atoms with Crippen LogP contribution in [0.1, 0.15) is 50.0 Å². The van der Waals surface area contributed by atoms with E-state index in [1.54, 1.807) is 18.2 Å².